The standard InChI is InChI=1S/C27H24N4OS/c1-3-31-25-7-5-4-6-23(25)27(32)30-24-15-21(12-13-26(24)31)14-22(17-29-2)33-18-20-10-8-19(16-28)9-11-20/h4-13,15,17H,2-3,14,18H2,1H3,(H,30,32)/b22-17-. The molecule has 1 aliphatic rings. The molecule has 1 heterocycles. The van der Waals surface area contributed by atoms with Crippen LogP contribution in [-0.4, -0.2) is 19.2 Å². The fraction of sp³-hybridized carbons (Fsp3) is 0.148. The number of para-hydroxylation sites is 1. The third-order valence-corrected chi connectivity index (χ3v) is 6.57. The third kappa shape index (κ3) is 5.00. The molecule has 6 heteroatoms. The first-order valence-electron chi connectivity index (χ1n) is 10.7. The van der Waals surface area contributed by atoms with Crippen molar-refractivity contribution in [1.29, 1.82) is 5.26 Å². The Labute approximate surface area is 198 Å². The number of carbonyl (C=O) groups is 1. The number of nitrogens with one attached hydrogen (secondary N) is 1. The molecule has 0 fully saturated rings. The summed E-state index contributed by atoms with van der Waals surface area (Å²) in [7, 11) is 0. The van der Waals surface area contributed by atoms with E-state index in [-0.39, 0.29) is 5.91 Å². The second-order valence-corrected chi connectivity index (χ2v) is 8.72. The molecule has 33 heavy (non-hydrogen) atoms. The van der Waals surface area contributed by atoms with Gasteiger partial charge in [-0.05, 0) is 61.2 Å². The van der Waals surface area contributed by atoms with E-state index in [1.54, 1.807) is 18.0 Å². The van der Waals surface area contributed by atoms with Gasteiger partial charge >= 0.3 is 0 Å². The highest BCUT2D eigenvalue weighted by Crippen LogP contribution is 2.38. The lowest BCUT2D eigenvalue weighted by atomic mass is 10.1. The summed E-state index contributed by atoms with van der Waals surface area (Å²) in [6.45, 7) is 6.46. The molecule has 3 aromatic rings. The van der Waals surface area contributed by atoms with E-state index >= 15 is 0 Å². The highest BCUT2D eigenvalue weighted by Gasteiger charge is 2.24. The van der Waals surface area contributed by atoms with Gasteiger partial charge in [0.15, 0.2) is 0 Å². The number of hydrogen-bond donors (Lipinski definition) is 1. The van der Waals surface area contributed by atoms with Crippen molar-refractivity contribution in [2.24, 2.45) is 4.99 Å². The number of aliphatic imine (C=N–C) groups is 1. The number of nitriles is 1. The van der Waals surface area contributed by atoms with Gasteiger partial charge in [0.1, 0.15) is 0 Å². The molecule has 0 spiro atoms. The minimum absolute atomic E-state index is 0.0985. The second-order valence-electron chi connectivity index (χ2n) is 7.62. The summed E-state index contributed by atoms with van der Waals surface area (Å²) >= 11 is 1.69. The normalized spacial score (nSPS) is 12.8. The predicted molar refractivity (Wildman–Crippen MR) is 137 cm³/mol. The topological polar surface area (TPSA) is 68.5 Å². The number of hydrogen-bond acceptors (Lipinski definition) is 5. The van der Waals surface area contributed by atoms with E-state index < -0.39 is 0 Å². The average Bonchev–Trinajstić information content (AvgIpc) is 2.96. The lowest BCUT2D eigenvalue weighted by molar-refractivity contribution is 0.102. The number of amides is 1. The molecule has 0 radical (unpaired) electrons. The maximum absolute atomic E-state index is 12.9. The molecular formula is C27H24N4OS. The zero-order valence-corrected chi connectivity index (χ0v) is 19.2. The maximum Gasteiger partial charge on any atom is 0.257 e. The molecule has 1 N–H and O–H groups in total. The number of rotatable bonds is 7. The van der Waals surface area contributed by atoms with Gasteiger partial charge in [0.2, 0.25) is 0 Å². The van der Waals surface area contributed by atoms with Crippen LogP contribution in [0.1, 0.15) is 34.0 Å². The molecule has 0 saturated heterocycles. The number of benzene rings is 3. The number of fused-ring (bicyclic) bond motifs is 2. The summed E-state index contributed by atoms with van der Waals surface area (Å²) in [4.78, 5) is 20.1. The number of carbonyl (C=O) groups excluding carboxylic acids is 1. The van der Waals surface area contributed by atoms with E-state index in [1.165, 1.54) is 0 Å². The number of nitrogens with zero attached hydrogens (tertiary/aromatic N) is 3. The van der Waals surface area contributed by atoms with Crippen molar-refractivity contribution in [3.05, 3.63) is 100 Å². The van der Waals surface area contributed by atoms with Gasteiger partial charge in [0, 0.05) is 29.8 Å². The van der Waals surface area contributed by atoms with Crippen molar-refractivity contribution in [3.8, 4) is 6.07 Å². The first-order valence-corrected chi connectivity index (χ1v) is 11.7. The van der Waals surface area contributed by atoms with Crippen molar-refractivity contribution < 1.29 is 4.79 Å². The van der Waals surface area contributed by atoms with Crippen LogP contribution < -0.4 is 10.2 Å². The van der Waals surface area contributed by atoms with Crippen molar-refractivity contribution in [3.63, 3.8) is 0 Å². The van der Waals surface area contributed by atoms with Gasteiger partial charge in [-0.25, -0.2) is 0 Å². The average molecular weight is 453 g/mol. The van der Waals surface area contributed by atoms with E-state index in [0.29, 0.717) is 17.5 Å². The van der Waals surface area contributed by atoms with Crippen molar-refractivity contribution >= 4 is 41.4 Å². The van der Waals surface area contributed by atoms with Crippen LogP contribution in [0.5, 0.6) is 0 Å². The fourth-order valence-electron chi connectivity index (χ4n) is 3.88. The van der Waals surface area contributed by atoms with E-state index in [4.69, 9.17) is 5.26 Å². The molecule has 3 aromatic carbocycles. The zero-order valence-electron chi connectivity index (χ0n) is 18.4. The van der Waals surface area contributed by atoms with Gasteiger partial charge in [-0.15, -0.1) is 11.8 Å². The Morgan fingerprint density at radius 1 is 1.12 bits per heavy atom. The summed E-state index contributed by atoms with van der Waals surface area (Å²) in [6, 6.07) is 23.6. The van der Waals surface area contributed by atoms with Crippen LogP contribution in [0.15, 0.2) is 82.8 Å². The first-order chi connectivity index (χ1) is 16.1. The Bertz CT molecular complexity index is 1260. The molecule has 0 unspecified atom stereocenters. The molecule has 0 bridgehead atoms. The molecule has 0 atom stereocenters. The maximum atomic E-state index is 12.9. The van der Waals surface area contributed by atoms with Gasteiger partial charge in [-0.3, -0.25) is 9.79 Å². The second kappa shape index (κ2) is 10.2. The lowest BCUT2D eigenvalue weighted by Crippen LogP contribution is -2.17. The SMILES string of the molecule is C=N/C=C(/Cc1ccc2c(c1)NC(=O)c1ccccc1N2CC)SCc1ccc(C#N)cc1. The van der Waals surface area contributed by atoms with Gasteiger partial charge in [0.25, 0.3) is 5.91 Å². The van der Waals surface area contributed by atoms with Crippen LogP contribution in [0.4, 0.5) is 17.1 Å². The Balaban J connectivity index is 1.55. The van der Waals surface area contributed by atoms with Gasteiger partial charge in [0.05, 0.1) is 34.3 Å². The van der Waals surface area contributed by atoms with E-state index in [9.17, 15) is 4.79 Å². The summed E-state index contributed by atoms with van der Waals surface area (Å²) in [5.41, 5.74) is 6.25. The summed E-state index contributed by atoms with van der Waals surface area (Å²) in [6.07, 6.45) is 2.47. The van der Waals surface area contributed by atoms with Crippen LogP contribution in [0.25, 0.3) is 0 Å². The fourth-order valence-corrected chi connectivity index (χ4v) is 4.84. The van der Waals surface area contributed by atoms with Crippen LogP contribution >= 0.6 is 11.8 Å². The monoisotopic (exact) mass is 452 g/mol. The molecule has 5 nitrogen and oxygen atoms in total. The predicted octanol–water partition coefficient (Wildman–Crippen LogP) is 6.30. The number of thioether (sulfide) groups is 1. The number of anilines is 3. The Kier molecular flexibility index (Phi) is 6.92. The van der Waals surface area contributed by atoms with Gasteiger partial charge in [-0.2, -0.15) is 5.26 Å². The van der Waals surface area contributed by atoms with E-state index in [0.717, 1.165) is 45.4 Å². The largest absolute Gasteiger partial charge is 0.339 e. The summed E-state index contributed by atoms with van der Waals surface area (Å²) in [5.74, 6) is 0.673. The molecule has 0 saturated carbocycles. The smallest absolute Gasteiger partial charge is 0.257 e. The van der Waals surface area contributed by atoms with Crippen molar-refractivity contribution in [2.75, 3.05) is 16.8 Å². The van der Waals surface area contributed by atoms with Gasteiger partial charge < -0.3 is 10.2 Å². The van der Waals surface area contributed by atoms with Crippen molar-refractivity contribution in [1.82, 2.24) is 0 Å². The van der Waals surface area contributed by atoms with Crippen LogP contribution in [0.2, 0.25) is 0 Å². The summed E-state index contributed by atoms with van der Waals surface area (Å²) in [5, 5.41) is 12.1. The molecule has 164 valence electrons. The molecule has 4 rings (SSSR count). The minimum atomic E-state index is -0.0985. The quantitative estimate of drug-likeness (QED) is 0.427. The van der Waals surface area contributed by atoms with Crippen LogP contribution in [0.3, 0.4) is 0 Å². The third-order valence-electron chi connectivity index (χ3n) is 5.48. The minimum Gasteiger partial charge on any atom is -0.339 e. The molecule has 1 aliphatic heterocycles. The Hall–Kier alpha value is -3.82. The Morgan fingerprint density at radius 3 is 2.61 bits per heavy atom. The first kappa shape index (κ1) is 22.4. The molecule has 0 aromatic heterocycles. The zero-order chi connectivity index (χ0) is 23.2. The molecule has 1 amide bonds. The van der Waals surface area contributed by atoms with Gasteiger partial charge in [-0.1, -0.05) is 30.3 Å². The van der Waals surface area contributed by atoms with E-state index in [1.807, 2.05) is 54.6 Å². The molecule has 0 aliphatic carbocycles. The highest BCUT2D eigenvalue weighted by molar-refractivity contribution is 8.02. The summed E-state index contributed by atoms with van der Waals surface area (Å²) < 4.78 is 0. The van der Waals surface area contributed by atoms with E-state index in [2.05, 4.69) is 47.1 Å². The van der Waals surface area contributed by atoms with Crippen LogP contribution in [0, 0.1) is 11.3 Å². The highest BCUT2D eigenvalue weighted by atomic mass is 32.2. The van der Waals surface area contributed by atoms with Crippen molar-refractivity contribution in [2.45, 2.75) is 19.1 Å². The number of allylic oxidation sites excluding steroid dienone is 1. The molecular weight excluding hydrogens is 428 g/mol. The lowest BCUT2D eigenvalue weighted by Gasteiger charge is -2.24. The van der Waals surface area contributed by atoms with Crippen LogP contribution in [-0.2, 0) is 12.2 Å². The Morgan fingerprint density at radius 2 is 1.88 bits per heavy atom.